The molecule has 8 N–H and O–H groups in total. The second-order valence-electron chi connectivity index (χ2n) is 11.3. The number of hydrogen-bond donors (Lipinski definition) is 6. The molecule has 2 amide bonds. The molecule has 1 fully saturated rings. The topological polar surface area (TPSA) is 248 Å². The van der Waals surface area contributed by atoms with Crippen molar-refractivity contribution in [2.24, 2.45) is 10.9 Å². The average Bonchev–Trinajstić information content (AvgIpc) is 3.83. The molecule has 4 aromatic rings. The number of carbonyl (C=O) groups is 4. The number of nitrogens with two attached hydrogens (primary N) is 2. The minimum absolute atomic E-state index is 0.00622. The van der Waals surface area contributed by atoms with Gasteiger partial charge in [0.1, 0.15) is 41.4 Å². The molecule has 0 unspecified atom stereocenters. The molecule has 0 aliphatic carbocycles. The monoisotopic (exact) mass is 713 g/mol. The van der Waals surface area contributed by atoms with Crippen molar-refractivity contribution in [3.8, 4) is 0 Å². The molecule has 250 valence electrons. The van der Waals surface area contributed by atoms with Crippen LogP contribution in [0.1, 0.15) is 30.0 Å². The molecule has 0 spiro atoms. The Kier molecular flexibility index (Phi) is 8.47. The predicted molar refractivity (Wildman–Crippen MR) is 176 cm³/mol. The third-order valence-electron chi connectivity index (χ3n) is 7.63. The second-order valence-corrected chi connectivity index (χ2v) is 14.3. The van der Waals surface area contributed by atoms with Gasteiger partial charge < -0.3 is 31.8 Å². The number of carbonyl (C=O) groups excluding carboxylic acids is 2. The van der Waals surface area contributed by atoms with Crippen molar-refractivity contribution >= 4 is 80.5 Å². The molecule has 2 atom stereocenters. The molecule has 6 rings (SSSR count). The lowest BCUT2D eigenvalue weighted by Gasteiger charge is -2.49. The fourth-order valence-electron chi connectivity index (χ4n) is 5.09. The number of anilines is 1. The van der Waals surface area contributed by atoms with E-state index in [4.69, 9.17) is 21.7 Å². The number of thiazole rings is 1. The van der Waals surface area contributed by atoms with Crippen molar-refractivity contribution in [1.82, 2.24) is 24.4 Å². The van der Waals surface area contributed by atoms with Crippen LogP contribution in [-0.4, -0.2) is 87.4 Å². The fraction of sp³-hybridized carbons (Fsp3) is 0.286. The van der Waals surface area contributed by atoms with Crippen molar-refractivity contribution < 1.29 is 38.8 Å². The third kappa shape index (κ3) is 6.00. The van der Waals surface area contributed by atoms with E-state index in [1.54, 1.807) is 0 Å². The van der Waals surface area contributed by atoms with E-state index in [-0.39, 0.29) is 34.7 Å². The Labute approximate surface area is 283 Å². The summed E-state index contributed by atoms with van der Waals surface area (Å²) in [5.41, 5.74) is 11.0. The smallest absolute Gasteiger partial charge is 0.352 e. The molecule has 0 saturated carbocycles. The van der Waals surface area contributed by atoms with E-state index in [1.165, 1.54) is 47.2 Å². The summed E-state index contributed by atoms with van der Waals surface area (Å²) in [7, 11) is 0. The van der Waals surface area contributed by atoms with Gasteiger partial charge in [0, 0.05) is 27.0 Å². The van der Waals surface area contributed by atoms with Gasteiger partial charge >= 0.3 is 17.6 Å². The zero-order chi connectivity index (χ0) is 34.5. The van der Waals surface area contributed by atoms with Gasteiger partial charge in [0.15, 0.2) is 17.0 Å². The molecule has 4 aromatic heterocycles. The zero-order valence-electron chi connectivity index (χ0n) is 25.3. The minimum atomic E-state index is -1.77. The summed E-state index contributed by atoms with van der Waals surface area (Å²) < 4.78 is 5.73. The summed E-state index contributed by atoms with van der Waals surface area (Å²) in [6.45, 7) is 3.24. The second kappa shape index (κ2) is 12.4. The number of thioether (sulfide) groups is 1. The Hall–Kier alpha value is -5.21. The summed E-state index contributed by atoms with van der Waals surface area (Å²) in [6, 6.07) is 2.68. The largest absolute Gasteiger partial charge is 0.478 e. The normalized spacial score (nSPS) is 18.1. The van der Waals surface area contributed by atoms with Crippen LogP contribution in [0.15, 0.2) is 57.9 Å². The van der Waals surface area contributed by atoms with Gasteiger partial charge in [-0.2, -0.15) is 0 Å². The van der Waals surface area contributed by atoms with Crippen molar-refractivity contribution in [2.45, 2.75) is 44.0 Å². The number of aliphatic carboxylic acids is 2. The number of imidazole rings is 1. The lowest BCUT2D eigenvalue weighted by Crippen LogP contribution is -2.71. The Morgan fingerprint density at radius 1 is 1.25 bits per heavy atom. The van der Waals surface area contributed by atoms with Crippen molar-refractivity contribution in [3.05, 3.63) is 68.9 Å². The molecule has 48 heavy (non-hydrogen) atoms. The average molecular weight is 714 g/mol. The molecular weight excluding hydrogens is 685 g/mol. The molecule has 2 aliphatic heterocycles. The molecule has 2 aliphatic rings. The number of fused-ring (bicyclic) bond motifs is 2. The number of carboxylic acids is 2. The first kappa shape index (κ1) is 32.7. The highest BCUT2D eigenvalue weighted by atomic mass is 32.2. The number of amidine groups is 1. The van der Waals surface area contributed by atoms with Gasteiger partial charge in [-0.05, 0) is 25.5 Å². The van der Waals surface area contributed by atoms with Crippen LogP contribution in [0.25, 0.3) is 5.65 Å². The SMILES string of the molecule is CC(C)(O/N=C(\C(=O)N[C@@H]1C(=O)N2C(C(=O)O)=C(Cn3ccc4n3cc[n+]4Cc3cc(C(=N)N)cs3)CS[C@H]12)c1csc(N)n1)C(=O)O. The maximum atomic E-state index is 13.4. The first-order valence-electron chi connectivity index (χ1n) is 14.1. The summed E-state index contributed by atoms with van der Waals surface area (Å²) in [4.78, 5) is 62.1. The van der Waals surface area contributed by atoms with E-state index < -0.39 is 46.5 Å². The molecule has 0 bridgehead atoms. The first-order chi connectivity index (χ1) is 22.7. The third-order valence-corrected chi connectivity index (χ3v) is 10.6. The maximum absolute atomic E-state index is 13.4. The number of oxime groups is 1. The number of thiophene rings is 1. The van der Waals surface area contributed by atoms with Crippen LogP contribution in [0, 0.1) is 5.41 Å². The number of nitrogens with zero attached hydrogens (tertiary/aromatic N) is 6. The highest BCUT2D eigenvalue weighted by Gasteiger charge is 2.54. The Morgan fingerprint density at radius 3 is 2.67 bits per heavy atom. The van der Waals surface area contributed by atoms with E-state index in [0.29, 0.717) is 17.7 Å². The van der Waals surface area contributed by atoms with Crippen molar-refractivity contribution in [2.75, 3.05) is 11.5 Å². The molecule has 0 radical (unpaired) electrons. The van der Waals surface area contributed by atoms with Gasteiger partial charge in [0.05, 0.1) is 18.8 Å². The Balaban J connectivity index is 1.20. The summed E-state index contributed by atoms with van der Waals surface area (Å²) in [5, 5.41) is 36.2. The zero-order valence-corrected chi connectivity index (χ0v) is 27.8. The predicted octanol–water partition coefficient (Wildman–Crippen LogP) is 0.484. The van der Waals surface area contributed by atoms with Crippen LogP contribution < -0.4 is 21.4 Å². The number of nitrogens with one attached hydrogen (secondary N) is 2. The molecule has 17 nitrogen and oxygen atoms in total. The molecule has 0 aromatic carbocycles. The van der Waals surface area contributed by atoms with Gasteiger partial charge in [-0.1, -0.05) is 5.16 Å². The number of β-lactam (4-membered cyclic amide) rings is 1. The van der Waals surface area contributed by atoms with E-state index >= 15 is 0 Å². The standard InChI is InChI=1S/C28H28N10O7S3/c1-28(2,26(43)44)45-34-18(16-12-48-27(31)32-16)22(39)33-19-23(40)38-20(25(41)42)14(11-47-24(19)38)8-36-4-3-17-35(5-6-37(17)36)9-15-7-13(10-46-15)21(29)30/h3-7,10,12,19,24H,8-9,11H2,1-2H3,(H7-,29,30,31,32,33,39,41,42,43,44)/p+1/b34-18-/t19-,24-/m1/s1. The molecular formula is C28H29N10O7S3+. The van der Waals surface area contributed by atoms with Crippen LogP contribution in [-0.2, 0) is 37.1 Å². The molecule has 20 heteroatoms. The van der Waals surface area contributed by atoms with E-state index in [1.807, 2.05) is 49.9 Å². The minimum Gasteiger partial charge on any atom is -0.478 e. The molecule has 1 saturated heterocycles. The lowest BCUT2D eigenvalue weighted by molar-refractivity contribution is -0.661. The summed E-state index contributed by atoms with van der Waals surface area (Å²) in [5.74, 6) is -3.82. The Morgan fingerprint density at radius 2 is 2.02 bits per heavy atom. The van der Waals surface area contributed by atoms with E-state index in [9.17, 15) is 29.4 Å². The summed E-state index contributed by atoms with van der Waals surface area (Å²) >= 11 is 3.83. The number of carboxylic acid groups (broad SMARTS) is 2. The fourth-order valence-corrected chi connectivity index (χ4v) is 7.85. The number of rotatable bonds is 12. The van der Waals surface area contributed by atoms with Crippen molar-refractivity contribution in [1.29, 1.82) is 5.41 Å². The lowest BCUT2D eigenvalue weighted by atomic mass is 10.0. The number of nitrogen functional groups attached to an aromatic ring is 2. The Bertz CT molecular complexity index is 2060. The van der Waals surface area contributed by atoms with Crippen LogP contribution in [0.2, 0.25) is 0 Å². The van der Waals surface area contributed by atoms with Gasteiger partial charge in [0.25, 0.3) is 11.8 Å². The number of aromatic nitrogens is 4. The summed E-state index contributed by atoms with van der Waals surface area (Å²) in [6.07, 6.45) is 5.57. The van der Waals surface area contributed by atoms with Gasteiger partial charge in [-0.3, -0.25) is 19.9 Å². The first-order valence-corrected chi connectivity index (χ1v) is 17.0. The van der Waals surface area contributed by atoms with Crippen molar-refractivity contribution in [3.63, 3.8) is 0 Å². The van der Waals surface area contributed by atoms with Gasteiger partial charge in [-0.15, -0.1) is 39.0 Å². The quantitative estimate of drug-likeness (QED) is 0.0388. The van der Waals surface area contributed by atoms with Crippen LogP contribution in [0.5, 0.6) is 0 Å². The maximum Gasteiger partial charge on any atom is 0.352 e. The van der Waals surface area contributed by atoms with Gasteiger partial charge in [0.2, 0.25) is 5.60 Å². The van der Waals surface area contributed by atoms with E-state index in [2.05, 4.69) is 15.5 Å². The van der Waals surface area contributed by atoms with Crippen LogP contribution >= 0.6 is 34.4 Å². The highest BCUT2D eigenvalue weighted by Crippen LogP contribution is 2.41. The van der Waals surface area contributed by atoms with E-state index in [0.717, 1.165) is 21.9 Å². The highest BCUT2D eigenvalue weighted by molar-refractivity contribution is 8.00. The van der Waals surface area contributed by atoms with Crippen LogP contribution in [0.3, 0.4) is 0 Å². The van der Waals surface area contributed by atoms with Gasteiger partial charge in [-0.25, -0.2) is 23.8 Å². The number of amides is 2. The van der Waals surface area contributed by atoms with Crippen LogP contribution in [0.4, 0.5) is 5.13 Å². The molecule has 6 heterocycles. The number of hydrogen-bond acceptors (Lipinski definition) is 12.